The summed E-state index contributed by atoms with van der Waals surface area (Å²) in [4.78, 5) is 23.8. The summed E-state index contributed by atoms with van der Waals surface area (Å²) in [6.45, 7) is 10.0. The summed E-state index contributed by atoms with van der Waals surface area (Å²) in [5.74, 6) is -0.672. The Kier molecular flexibility index (Phi) is 3.70. The standard InChI is InChI=1S/C15H22O4/c1-9(15(2,3)4)13(16)19-11-7-5-6-10-8-18-14(17)12(10)11/h10-12H,1,5-8H2,2-4H3. The van der Waals surface area contributed by atoms with E-state index in [1.165, 1.54) is 0 Å². The van der Waals surface area contributed by atoms with Gasteiger partial charge in [0.15, 0.2) is 0 Å². The molecule has 2 aliphatic rings. The van der Waals surface area contributed by atoms with Gasteiger partial charge in [0.1, 0.15) is 6.10 Å². The van der Waals surface area contributed by atoms with E-state index in [9.17, 15) is 9.59 Å². The van der Waals surface area contributed by atoms with Crippen molar-refractivity contribution in [3.8, 4) is 0 Å². The maximum atomic E-state index is 12.1. The summed E-state index contributed by atoms with van der Waals surface area (Å²) in [6.07, 6.45) is 2.34. The minimum atomic E-state index is -0.391. The molecule has 0 aromatic rings. The van der Waals surface area contributed by atoms with Crippen LogP contribution in [0.2, 0.25) is 0 Å². The van der Waals surface area contributed by atoms with Gasteiger partial charge in [-0.2, -0.15) is 0 Å². The largest absolute Gasteiger partial charge is 0.465 e. The fourth-order valence-corrected chi connectivity index (χ4v) is 2.71. The summed E-state index contributed by atoms with van der Waals surface area (Å²) in [7, 11) is 0. The first-order valence-corrected chi connectivity index (χ1v) is 6.87. The van der Waals surface area contributed by atoms with Crippen molar-refractivity contribution in [1.82, 2.24) is 0 Å². The van der Waals surface area contributed by atoms with Gasteiger partial charge in [0.2, 0.25) is 0 Å². The number of carbonyl (C=O) groups excluding carboxylic acids is 2. The Labute approximate surface area is 114 Å². The molecule has 0 bridgehead atoms. The molecule has 1 saturated heterocycles. The second-order valence-corrected chi connectivity index (χ2v) is 6.52. The van der Waals surface area contributed by atoms with Crippen LogP contribution in [0.4, 0.5) is 0 Å². The van der Waals surface area contributed by atoms with Crippen LogP contribution in [0.25, 0.3) is 0 Å². The van der Waals surface area contributed by atoms with Crippen LogP contribution in [-0.4, -0.2) is 24.6 Å². The van der Waals surface area contributed by atoms with Crippen LogP contribution >= 0.6 is 0 Å². The molecule has 0 aromatic heterocycles. The van der Waals surface area contributed by atoms with Crippen LogP contribution in [0.1, 0.15) is 40.0 Å². The summed E-state index contributed by atoms with van der Waals surface area (Å²) in [5, 5.41) is 0. The number of hydrogen-bond acceptors (Lipinski definition) is 4. The molecule has 4 nitrogen and oxygen atoms in total. The third-order valence-corrected chi connectivity index (χ3v) is 4.09. The lowest BCUT2D eigenvalue weighted by Gasteiger charge is -2.31. The van der Waals surface area contributed by atoms with Gasteiger partial charge in [0, 0.05) is 11.5 Å². The smallest absolute Gasteiger partial charge is 0.334 e. The minimum absolute atomic E-state index is 0.210. The Hall–Kier alpha value is -1.32. The van der Waals surface area contributed by atoms with Crippen molar-refractivity contribution in [1.29, 1.82) is 0 Å². The van der Waals surface area contributed by atoms with E-state index in [1.807, 2.05) is 20.8 Å². The van der Waals surface area contributed by atoms with Crippen LogP contribution in [0, 0.1) is 17.3 Å². The Morgan fingerprint density at radius 3 is 2.68 bits per heavy atom. The molecule has 1 heterocycles. The highest BCUT2D eigenvalue weighted by atomic mass is 16.6. The molecule has 4 heteroatoms. The Morgan fingerprint density at radius 2 is 2.05 bits per heavy atom. The highest BCUT2D eigenvalue weighted by Gasteiger charge is 2.46. The molecule has 0 spiro atoms. The molecule has 106 valence electrons. The lowest BCUT2D eigenvalue weighted by atomic mass is 9.79. The number of fused-ring (bicyclic) bond motifs is 1. The first kappa shape index (κ1) is 14.1. The van der Waals surface area contributed by atoms with E-state index in [-0.39, 0.29) is 29.3 Å². The summed E-state index contributed by atoms with van der Waals surface area (Å²) in [6, 6.07) is 0. The number of rotatable bonds is 2. The first-order valence-electron chi connectivity index (χ1n) is 6.87. The zero-order chi connectivity index (χ0) is 14.2. The van der Waals surface area contributed by atoms with Gasteiger partial charge in [-0.15, -0.1) is 0 Å². The quantitative estimate of drug-likeness (QED) is 0.569. The van der Waals surface area contributed by atoms with Crippen molar-refractivity contribution in [2.24, 2.45) is 17.3 Å². The second-order valence-electron chi connectivity index (χ2n) is 6.52. The van der Waals surface area contributed by atoms with Gasteiger partial charge in [0.05, 0.1) is 12.5 Å². The molecule has 0 N–H and O–H groups in total. The van der Waals surface area contributed by atoms with E-state index < -0.39 is 5.97 Å². The summed E-state index contributed by atoms with van der Waals surface area (Å²) >= 11 is 0. The molecule has 0 radical (unpaired) electrons. The fourth-order valence-electron chi connectivity index (χ4n) is 2.71. The third kappa shape index (κ3) is 2.82. The summed E-state index contributed by atoms with van der Waals surface area (Å²) in [5.41, 5.74) is 0.127. The average Bonchev–Trinajstić information content (AvgIpc) is 2.70. The van der Waals surface area contributed by atoms with E-state index in [4.69, 9.17) is 9.47 Å². The third-order valence-electron chi connectivity index (χ3n) is 4.09. The average molecular weight is 266 g/mol. The number of carbonyl (C=O) groups is 2. The van der Waals surface area contributed by atoms with Gasteiger partial charge in [-0.3, -0.25) is 4.79 Å². The molecular weight excluding hydrogens is 244 g/mol. The van der Waals surface area contributed by atoms with Crippen molar-refractivity contribution < 1.29 is 19.1 Å². The van der Waals surface area contributed by atoms with Crippen LogP contribution in [0.5, 0.6) is 0 Å². The second kappa shape index (κ2) is 4.99. The zero-order valence-electron chi connectivity index (χ0n) is 11.9. The van der Waals surface area contributed by atoms with Crippen LogP contribution in [0.3, 0.4) is 0 Å². The molecule has 2 rings (SSSR count). The zero-order valence-corrected chi connectivity index (χ0v) is 11.9. The van der Waals surface area contributed by atoms with Crippen molar-refractivity contribution in [2.45, 2.75) is 46.1 Å². The molecule has 1 aliphatic carbocycles. The molecule has 2 fully saturated rings. The van der Waals surface area contributed by atoms with Crippen LogP contribution in [0.15, 0.2) is 12.2 Å². The molecule has 19 heavy (non-hydrogen) atoms. The van der Waals surface area contributed by atoms with Gasteiger partial charge >= 0.3 is 11.9 Å². The molecule has 3 atom stereocenters. The van der Waals surface area contributed by atoms with Gasteiger partial charge in [-0.25, -0.2) is 4.79 Å². The highest BCUT2D eigenvalue weighted by Crippen LogP contribution is 2.38. The Bertz CT molecular complexity index is 405. The topological polar surface area (TPSA) is 52.6 Å². The molecule has 3 unspecified atom stereocenters. The number of hydrogen-bond donors (Lipinski definition) is 0. The Balaban J connectivity index is 2.04. The molecule has 0 amide bonds. The normalized spacial score (nSPS) is 30.5. The molecule has 0 aromatic carbocycles. The van der Waals surface area contributed by atoms with Gasteiger partial charge in [-0.1, -0.05) is 27.4 Å². The van der Waals surface area contributed by atoms with E-state index in [1.54, 1.807) is 0 Å². The number of esters is 2. The van der Waals surface area contributed by atoms with Crippen LogP contribution < -0.4 is 0 Å². The minimum Gasteiger partial charge on any atom is -0.465 e. The molecular formula is C15H22O4. The van der Waals surface area contributed by atoms with Crippen molar-refractivity contribution in [2.75, 3.05) is 6.61 Å². The lowest BCUT2D eigenvalue weighted by Crippen LogP contribution is -2.38. The lowest BCUT2D eigenvalue weighted by molar-refractivity contribution is -0.156. The molecule has 1 aliphatic heterocycles. The highest BCUT2D eigenvalue weighted by molar-refractivity contribution is 5.89. The van der Waals surface area contributed by atoms with E-state index in [2.05, 4.69) is 6.58 Å². The van der Waals surface area contributed by atoms with Crippen molar-refractivity contribution in [3.05, 3.63) is 12.2 Å². The van der Waals surface area contributed by atoms with E-state index in [0.29, 0.717) is 12.2 Å². The maximum absolute atomic E-state index is 12.1. The number of ether oxygens (including phenoxy) is 2. The Morgan fingerprint density at radius 1 is 1.37 bits per heavy atom. The van der Waals surface area contributed by atoms with E-state index >= 15 is 0 Å². The summed E-state index contributed by atoms with van der Waals surface area (Å²) < 4.78 is 10.6. The van der Waals surface area contributed by atoms with Crippen molar-refractivity contribution in [3.63, 3.8) is 0 Å². The van der Waals surface area contributed by atoms with E-state index in [0.717, 1.165) is 19.3 Å². The maximum Gasteiger partial charge on any atom is 0.334 e. The number of cyclic esters (lactones) is 1. The van der Waals surface area contributed by atoms with Crippen molar-refractivity contribution >= 4 is 11.9 Å². The predicted octanol–water partition coefficient (Wildman–Crippen LogP) is 2.47. The monoisotopic (exact) mass is 266 g/mol. The van der Waals surface area contributed by atoms with Gasteiger partial charge in [0.25, 0.3) is 0 Å². The first-order chi connectivity index (χ1) is 8.80. The SMILES string of the molecule is C=C(C(=O)OC1CCCC2COC(=O)C21)C(C)(C)C. The predicted molar refractivity (Wildman–Crippen MR) is 70.3 cm³/mol. The molecule has 1 saturated carbocycles. The van der Waals surface area contributed by atoms with Gasteiger partial charge < -0.3 is 9.47 Å². The van der Waals surface area contributed by atoms with Crippen LogP contribution in [-0.2, 0) is 19.1 Å². The fraction of sp³-hybridized carbons (Fsp3) is 0.733. The van der Waals surface area contributed by atoms with Gasteiger partial charge in [-0.05, 0) is 24.7 Å².